The van der Waals surface area contributed by atoms with Crippen LogP contribution in [0.4, 0.5) is 0 Å². The minimum atomic E-state index is 0.232. The summed E-state index contributed by atoms with van der Waals surface area (Å²) in [6.45, 7) is 4.19. The van der Waals surface area contributed by atoms with Crippen LogP contribution in [-0.2, 0) is 6.42 Å². The molecule has 0 aliphatic rings. The molecule has 0 radical (unpaired) electrons. The molecule has 0 heterocycles. The molecule has 2 N–H and O–H groups in total. The minimum absolute atomic E-state index is 0.232. The van der Waals surface area contributed by atoms with Gasteiger partial charge in [0, 0.05) is 10.9 Å². The van der Waals surface area contributed by atoms with Crippen LogP contribution in [0.3, 0.4) is 0 Å². The Bertz CT molecular complexity index is 580. The van der Waals surface area contributed by atoms with E-state index >= 15 is 0 Å². The van der Waals surface area contributed by atoms with Crippen LogP contribution in [0.2, 0.25) is 0 Å². The van der Waals surface area contributed by atoms with Crippen molar-refractivity contribution in [1.29, 1.82) is 0 Å². The van der Waals surface area contributed by atoms with Gasteiger partial charge in [0.15, 0.2) is 0 Å². The van der Waals surface area contributed by atoms with Gasteiger partial charge < -0.3 is 10.5 Å². The molecule has 3 heteroatoms. The lowest BCUT2D eigenvalue weighted by atomic mass is 10.0. The summed E-state index contributed by atoms with van der Waals surface area (Å²) in [5, 5.41) is 0. The Hall–Kier alpha value is -1.45. The molecule has 21 heavy (non-hydrogen) atoms. The van der Waals surface area contributed by atoms with Crippen molar-refractivity contribution in [2.75, 3.05) is 6.26 Å². The largest absolute Gasteiger partial charge is 0.457 e. The van der Waals surface area contributed by atoms with Crippen LogP contribution in [0.15, 0.2) is 47.4 Å². The highest BCUT2D eigenvalue weighted by atomic mass is 32.2. The lowest BCUT2D eigenvalue weighted by Gasteiger charge is -2.13. The van der Waals surface area contributed by atoms with Crippen LogP contribution in [0.25, 0.3) is 0 Å². The molecule has 2 nitrogen and oxygen atoms in total. The zero-order valence-corrected chi connectivity index (χ0v) is 13.7. The standard InChI is InChI=1S/C18H23NOS/c1-4-15(19)12-14-5-10-18(13(2)11-14)20-16-6-8-17(21-3)9-7-16/h5-11,15H,4,12,19H2,1-3H3. The van der Waals surface area contributed by atoms with E-state index in [1.807, 2.05) is 18.2 Å². The summed E-state index contributed by atoms with van der Waals surface area (Å²) >= 11 is 1.73. The van der Waals surface area contributed by atoms with E-state index in [4.69, 9.17) is 10.5 Å². The number of ether oxygens (including phenoxy) is 1. The van der Waals surface area contributed by atoms with E-state index in [0.717, 1.165) is 29.9 Å². The van der Waals surface area contributed by atoms with Crippen molar-refractivity contribution in [3.8, 4) is 11.5 Å². The molecule has 0 fully saturated rings. The highest BCUT2D eigenvalue weighted by Gasteiger charge is 2.06. The predicted octanol–water partition coefficient (Wildman–Crippen LogP) is 4.79. The molecular weight excluding hydrogens is 278 g/mol. The number of hydrogen-bond donors (Lipinski definition) is 1. The molecule has 2 aromatic rings. The Balaban J connectivity index is 2.09. The van der Waals surface area contributed by atoms with Gasteiger partial charge >= 0.3 is 0 Å². The van der Waals surface area contributed by atoms with Gasteiger partial charge in [0.05, 0.1) is 0 Å². The van der Waals surface area contributed by atoms with Crippen LogP contribution >= 0.6 is 11.8 Å². The number of aryl methyl sites for hydroxylation is 1. The molecular formula is C18H23NOS. The zero-order chi connectivity index (χ0) is 15.2. The number of benzene rings is 2. The summed E-state index contributed by atoms with van der Waals surface area (Å²) in [6.07, 6.45) is 3.98. The van der Waals surface area contributed by atoms with Crippen LogP contribution in [-0.4, -0.2) is 12.3 Å². The average molecular weight is 301 g/mol. The molecule has 2 aromatic carbocycles. The Kier molecular flexibility index (Phi) is 5.71. The van der Waals surface area contributed by atoms with Crippen molar-refractivity contribution in [3.05, 3.63) is 53.6 Å². The van der Waals surface area contributed by atoms with E-state index in [2.05, 4.69) is 44.4 Å². The van der Waals surface area contributed by atoms with Gasteiger partial charge in [0.25, 0.3) is 0 Å². The lowest BCUT2D eigenvalue weighted by Crippen LogP contribution is -2.21. The van der Waals surface area contributed by atoms with Gasteiger partial charge in [0.2, 0.25) is 0 Å². The molecule has 1 atom stereocenters. The van der Waals surface area contributed by atoms with E-state index in [1.165, 1.54) is 10.5 Å². The summed E-state index contributed by atoms with van der Waals surface area (Å²) in [5.41, 5.74) is 8.42. The quantitative estimate of drug-likeness (QED) is 0.779. The summed E-state index contributed by atoms with van der Waals surface area (Å²) in [6, 6.07) is 14.7. The lowest BCUT2D eigenvalue weighted by molar-refractivity contribution is 0.478. The van der Waals surface area contributed by atoms with Crippen molar-refractivity contribution in [3.63, 3.8) is 0 Å². The van der Waals surface area contributed by atoms with Gasteiger partial charge in [-0.1, -0.05) is 19.1 Å². The molecule has 112 valence electrons. The minimum Gasteiger partial charge on any atom is -0.457 e. The fraction of sp³-hybridized carbons (Fsp3) is 0.333. The van der Waals surface area contributed by atoms with E-state index in [1.54, 1.807) is 11.8 Å². The van der Waals surface area contributed by atoms with Crippen LogP contribution in [0, 0.1) is 6.92 Å². The van der Waals surface area contributed by atoms with Crippen LogP contribution in [0.1, 0.15) is 24.5 Å². The second kappa shape index (κ2) is 7.53. The molecule has 1 unspecified atom stereocenters. The topological polar surface area (TPSA) is 35.2 Å². The molecule has 0 bridgehead atoms. The van der Waals surface area contributed by atoms with E-state index in [0.29, 0.717) is 0 Å². The van der Waals surface area contributed by atoms with Gasteiger partial charge in [0.1, 0.15) is 11.5 Å². The van der Waals surface area contributed by atoms with Crippen molar-refractivity contribution in [1.82, 2.24) is 0 Å². The summed E-state index contributed by atoms with van der Waals surface area (Å²) in [7, 11) is 0. The van der Waals surface area contributed by atoms with Gasteiger partial charge in [-0.2, -0.15) is 0 Å². The molecule has 0 aliphatic heterocycles. The predicted molar refractivity (Wildman–Crippen MR) is 91.4 cm³/mol. The second-order valence-electron chi connectivity index (χ2n) is 5.25. The van der Waals surface area contributed by atoms with E-state index in [-0.39, 0.29) is 6.04 Å². The van der Waals surface area contributed by atoms with Gasteiger partial charge in [-0.25, -0.2) is 0 Å². The highest BCUT2D eigenvalue weighted by Crippen LogP contribution is 2.27. The number of hydrogen-bond acceptors (Lipinski definition) is 3. The maximum absolute atomic E-state index is 6.01. The van der Waals surface area contributed by atoms with Gasteiger partial charge in [-0.05, 0) is 67.5 Å². The molecule has 0 spiro atoms. The third kappa shape index (κ3) is 4.51. The Morgan fingerprint density at radius 2 is 1.86 bits per heavy atom. The van der Waals surface area contributed by atoms with Crippen molar-refractivity contribution in [2.45, 2.75) is 37.6 Å². The molecule has 0 aliphatic carbocycles. The molecule has 0 saturated heterocycles. The first-order valence-corrected chi connectivity index (χ1v) is 8.52. The van der Waals surface area contributed by atoms with E-state index in [9.17, 15) is 0 Å². The fourth-order valence-electron chi connectivity index (χ4n) is 2.17. The van der Waals surface area contributed by atoms with Gasteiger partial charge in [-0.3, -0.25) is 0 Å². The third-order valence-electron chi connectivity index (χ3n) is 3.55. The van der Waals surface area contributed by atoms with Crippen molar-refractivity contribution in [2.24, 2.45) is 5.73 Å². The second-order valence-corrected chi connectivity index (χ2v) is 6.13. The third-order valence-corrected chi connectivity index (χ3v) is 4.29. The first-order valence-electron chi connectivity index (χ1n) is 7.29. The maximum Gasteiger partial charge on any atom is 0.130 e. The van der Waals surface area contributed by atoms with Crippen molar-refractivity contribution >= 4 is 11.8 Å². The smallest absolute Gasteiger partial charge is 0.130 e. The normalized spacial score (nSPS) is 12.2. The first kappa shape index (κ1) is 15.9. The Labute approximate surface area is 131 Å². The van der Waals surface area contributed by atoms with Crippen molar-refractivity contribution < 1.29 is 4.74 Å². The van der Waals surface area contributed by atoms with Crippen LogP contribution in [0.5, 0.6) is 11.5 Å². The number of rotatable bonds is 6. The molecule has 0 amide bonds. The fourth-order valence-corrected chi connectivity index (χ4v) is 2.58. The average Bonchev–Trinajstić information content (AvgIpc) is 2.50. The monoisotopic (exact) mass is 301 g/mol. The summed E-state index contributed by atoms with van der Waals surface area (Å²) in [5.74, 6) is 1.77. The Morgan fingerprint density at radius 3 is 2.43 bits per heavy atom. The number of thioether (sulfide) groups is 1. The summed E-state index contributed by atoms with van der Waals surface area (Å²) in [4.78, 5) is 1.24. The van der Waals surface area contributed by atoms with Gasteiger partial charge in [-0.15, -0.1) is 11.8 Å². The van der Waals surface area contributed by atoms with E-state index < -0.39 is 0 Å². The van der Waals surface area contributed by atoms with Crippen LogP contribution < -0.4 is 10.5 Å². The summed E-state index contributed by atoms with van der Waals surface area (Å²) < 4.78 is 5.95. The number of nitrogens with two attached hydrogens (primary N) is 1. The maximum atomic E-state index is 6.01. The highest BCUT2D eigenvalue weighted by molar-refractivity contribution is 7.98. The zero-order valence-electron chi connectivity index (χ0n) is 12.9. The molecule has 2 rings (SSSR count). The molecule has 0 aromatic heterocycles. The molecule has 0 saturated carbocycles. The SMILES string of the molecule is CCC(N)Cc1ccc(Oc2ccc(SC)cc2)c(C)c1. The Morgan fingerprint density at radius 1 is 1.14 bits per heavy atom. The first-order chi connectivity index (χ1) is 10.1.